The van der Waals surface area contributed by atoms with E-state index in [1.807, 2.05) is 12.1 Å². The molecule has 6 nitrogen and oxygen atoms in total. The molecule has 1 spiro atoms. The van der Waals surface area contributed by atoms with E-state index in [1.165, 1.54) is 6.42 Å². The lowest BCUT2D eigenvalue weighted by molar-refractivity contribution is -0.429. The van der Waals surface area contributed by atoms with Crippen LogP contribution in [0.1, 0.15) is 68.8 Å². The Labute approximate surface area is 176 Å². The molecule has 0 N–H and O–H groups in total. The van der Waals surface area contributed by atoms with E-state index in [0.29, 0.717) is 28.4 Å². The molecule has 1 saturated heterocycles. The van der Waals surface area contributed by atoms with Crippen molar-refractivity contribution in [1.82, 2.24) is 0 Å². The maximum Gasteiger partial charge on any atom is 0.461 e. The summed E-state index contributed by atoms with van der Waals surface area (Å²) in [5, 5.41) is 0. The number of hydrogen-bond acceptors (Lipinski definition) is 6. The van der Waals surface area contributed by atoms with E-state index in [9.17, 15) is 4.79 Å². The normalized spacial score (nSPS) is 48.0. The number of cyclic esters (lactones) is 1. The zero-order valence-electron chi connectivity index (χ0n) is 18.1. The lowest BCUT2D eigenvalue weighted by Crippen LogP contribution is -2.92. The van der Waals surface area contributed by atoms with Crippen LogP contribution in [0.5, 0.6) is 11.5 Å². The molecule has 0 amide bonds. The van der Waals surface area contributed by atoms with Crippen LogP contribution in [0.15, 0.2) is 12.1 Å². The average molecular weight is 410 g/mol. The van der Waals surface area contributed by atoms with Crippen molar-refractivity contribution in [3.63, 3.8) is 0 Å². The summed E-state index contributed by atoms with van der Waals surface area (Å²) in [7, 11) is 1.38. The van der Waals surface area contributed by atoms with E-state index in [1.54, 1.807) is 21.0 Å². The van der Waals surface area contributed by atoms with Gasteiger partial charge < -0.3 is 23.5 Å². The first-order chi connectivity index (χ1) is 14.2. The molecule has 4 saturated carbocycles. The van der Waals surface area contributed by atoms with Gasteiger partial charge in [-0.2, -0.15) is 0 Å². The molecule has 0 radical (unpaired) electrons. The molecule has 2 aliphatic heterocycles. The molecular weight excluding hydrogens is 383 g/mol. The van der Waals surface area contributed by atoms with E-state index in [4.69, 9.17) is 23.5 Å². The minimum atomic E-state index is -1.00. The van der Waals surface area contributed by atoms with E-state index in [0.717, 1.165) is 24.3 Å². The van der Waals surface area contributed by atoms with Crippen molar-refractivity contribution < 1.29 is 28.3 Å². The fraction of sp³-hybridized carbons (Fsp3) is 0.696. The Balaban J connectivity index is 1.20. The highest BCUT2D eigenvalue weighted by Crippen LogP contribution is 2.88. The zero-order chi connectivity index (χ0) is 20.8. The molecule has 7 rings (SSSR count). The molecule has 7 atom stereocenters. The van der Waals surface area contributed by atoms with Crippen LogP contribution >= 0.6 is 0 Å². The van der Waals surface area contributed by atoms with Gasteiger partial charge in [-0.15, -0.1) is 0 Å². The number of hydrogen-bond donors (Lipinski definition) is 0. The predicted octanol–water partition coefficient (Wildman–Crippen LogP) is 3.93. The van der Waals surface area contributed by atoms with Crippen LogP contribution in [0, 0.1) is 17.3 Å². The Bertz CT molecular complexity index is 1020. The van der Waals surface area contributed by atoms with Crippen molar-refractivity contribution in [2.45, 2.75) is 75.7 Å². The van der Waals surface area contributed by atoms with Gasteiger partial charge in [-0.3, -0.25) is 0 Å². The lowest BCUT2D eigenvalue weighted by Gasteiger charge is -2.87. The van der Waals surface area contributed by atoms with Crippen molar-refractivity contribution >= 4 is 13.1 Å². The highest BCUT2D eigenvalue weighted by atomic mass is 16.7. The molecule has 4 unspecified atom stereocenters. The molecular formula is C23H27BO6. The highest BCUT2D eigenvalue weighted by molar-refractivity contribution is 6.49. The SMILES string of the molecule is COc1ccc([C@H]2C[C@H]2B2OC34CC5CC(C53C)[C@]4(C)O2)c2c1C(=O)OC(C)(C)O2. The molecule has 30 heavy (non-hydrogen) atoms. The lowest BCUT2D eigenvalue weighted by atomic mass is 9.21. The topological polar surface area (TPSA) is 63.2 Å². The van der Waals surface area contributed by atoms with Gasteiger partial charge in [-0.05, 0) is 55.6 Å². The fourth-order valence-corrected chi connectivity index (χ4v) is 7.85. The second-order valence-corrected chi connectivity index (χ2v) is 11.0. The van der Waals surface area contributed by atoms with Crippen molar-refractivity contribution in [3.8, 4) is 11.5 Å². The Morgan fingerprint density at radius 3 is 2.57 bits per heavy atom. The molecule has 4 aliphatic carbocycles. The first kappa shape index (κ1) is 17.9. The minimum absolute atomic E-state index is 0.0764. The molecule has 7 heteroatoms. The molecule has 1 aromatic rings. The fourth-order valence-electron chi connectivity index (χ4n) is 7.85. The summed E-state index contributed by atoms with van der Waals surface area (Å²) >= 11 is 0. The van der Waals surface area contributed by atoms with Crippen molar-refractivity contribution in [1.29, 1.82) is 0 Å². The molecule has 0 bridgehead atoms. The van der Waals surface area contributed by atoms with Gasteiger partial charge in [0.05, 0.1) is 18.3 Å². The first-order valence-corrected chi connectivity index (χ1v) is 11.1. The average Bonchev–Trinajstić information content (AvgIpc) is 3.40. The maximum absolute atomic E-state index is 12.7. The van der Waals surface area contributed by atoms with E-state index < -0.39 is 11.8 Å². The van der Waals surface area contributed by atoms with E-state index in [-0.39, 0.29) is 30.1 Å². The van der Waals surface area contributed by atoms with Gasteiger partial charge in [0.25, 0.3) is 0 Å². The Morgan fingerprint density at radius 1 is 1.10 bits per heavy atom. The summed E-state index contributed by atoms with van der Waals surface area (Å²) in [4.78, 5) is 12.7. The van der Waals surface area contributed by atoms with Crippen LogP contribution < -0.4 is 9.47 Å². The van der Waals surface area contributed by atoms with Gasteiger partial charge in [0, 0.05) is 25.1 Å². The van der Waals surface area contributed by atoms with Crippen LogP contribution in [-0.4, -0.2) is 37.2 Å². The van der Waals surface area contributed by atoms with Gasteiger partial charge in [0.2, 0.25) is 5.79 Å². The first-order valence-electron chi connectivity index (χ1n) is 11.1. The summed E-state index contributed by atoms with van der Waals surface area (Å²) in [5.74, 6) is 1.65. The van der Waals surface area contributed by atoms with Gasteiger partial charge in [0.15, 0.2) is 0 Å². The number of carbonyl (C=O) groups is 1. The van der Waals surface area contributed by atoms with Crippen LogP contribution in [0.25, 0.3) is 0 Å². The van der Waals surface area contributed by atoms with Crippen molar-refractivity contribution in [2.75, 3.05) is 7.11 Å². The van der Waals surface area contributed by atoms with Crippen molar-refractivity contribution in [3.05, 3.63) is 23.3 Å². The second kappa shape index (κ2) is 4.86. The molecule has 1 aromatic carbocycles. The number of fused-ring (bicyclic) bond motifs is 2. The molecule has 158 valence electrons. The summed E-state index contributed by atoms with van der Waals surface area (Å²) in [6, 6.07) is 3.86. The quantitative estimate of drug-likeness (QED) is 0.556. The van der Waals surface area contributed by atoms with Crippen molar-refractivity contribution in [2.24, 2.45) is 17.3 Å². The molecule has 2 heterocycles. The maximum atomic E-state index is 12.7. The summed E-state index contributed by atoms with van der Waals surface area (Å²) in [6.07, 6.45) is 3.40. The van der Waals surface area contributed by atoms with Gasteiger partial charge in [0.1, 0.15) is 17.1 Å². The zero-order valence-corrected chi connectivity index (χ0v) is 18.1. The summed E-state index contributed by atoms with van der Waals surface area (Å²) in [6.45, 7) is 8.18. The predicted molar refractivity (Wildman–Crippen MR) is 108 cm³/mol. The third kappa shape index (κ3) is 1.67. The Hall–Kier alpha value is -1.73. The Kier molecular flexibility index (Phi) is 2.90. The largest absolute Gasteiger partial charge is 0.496 e. The standard InChI is InChI=1S/C23H27BO6/c1-20(2)27-18-12(6-7-15(26-5)17(18)19(25)28-20)13-9-14(13)24-29-22(4)16-8-11-10-23(22,30-24)21(11,16)3/h6-7,11,13-14,16H,8-10H2,1-5H3/t11?,13-,14-,16?,21?,22+,23?/m1/s1. The van der Waals surface area contributed by atoms with Gasteiger partial charge in [-0.25, -0.2) is 4.79 Å². The number of methoxy groups -OCH3 is 1. The van der Waals surface area contributed by atoms with Gasteiger partial charge >= 0.3 is 13.1 Å². The molecule has 6 aliphatic rings. The summed E-state index contributed by atoms with van der Waals surface area (Å²) in [5.41, 5.74) is 1.53. The number of benzene rings is 1. The number of carbonyl (C=O) groups excluding carboxylic acids is 1. The number of esters is 1. The molecule has 5 fully saturated rings. The number of rotatable bonds is 3. The minimum Gasteiger partial charge on any atom is -0.496 e. The van der Waals surface area contributed by atoms with Crippen LogP contribution in [-0.2, 0) is 14.0 Å². The van der Waals surface area contributed by atoms with Crippen LogP contribution in [0.2, 0.25) is 5.82 Å². The molecule has 0 aromatic heterocycles. The highest BCUT2D eigenvalue weighted by Gasteiger charge is 2.94. The third-order valence-corrected chi connectivity index (χ3v) is 9.49. The van der Waals surface area contributed by atoms with E-state index in [2.05, 4.69) is 13.8 Å². The van der Waals surface area contributed by atoms with Gasteiger partial charge in [-0.1, -0.05) is 13.0 Å². The smallest absolute Gasteiger partial charge is 0.461 e. The van der Waals surface area contributed by atoms with Crippen LogP contribution in [0.4, 0.5) is 0 Å². The summed E-state index contributed by atoms with van der Waals surface area (Å²) < 4.78 is 30.3. The second-order valence-electron chi connectivity index (χ2n) is 11.0. The third-order valence-electron chi connectivity index (χ3n) is 9.49. The van der Waals surface area contributed by atoms with Crippen LogP contribution in [0.3, 0.4) is 0 Å². The van der Waals surface area contributed by atoms with E-state index >= 15 is 0 Å². The number of ether oxygens (including phenoxy) is 3. The monoisotopic (exact) mass is 410 g/mol. The Morgan fingerprint density at radius 2 is 1.90 bits per heavy atom.